The number of Topliss-reactive ketones (excluding diaryl/α,β-unsaturated/α-hetero) is 1. The molecule has 0 amide bonds. The van der Waals surface area contributed by atoms with Gasteiger partial charge >= 0.3 is 0 Å². The molecule has 0 aliphatic rings. The molecule has 0 unspecified atom stereocenters. The van der Waals surface area contributed by atoms with Crippen molar-refractivity contribution in [2.75, 3.05) is 26.2 Å². The normalized spacial score (nSPS) is 12.1. The van der Waals surface area contributed by atoms with E-state index in [1.807, 2.05) is 20.8 Å². The van der Waals surface area contributed by atoms with Crippen molar-refractivity contribution >= 4 is 5.78 Å². The lowest BCUT2D eigenvalue weighted by Crippen LogP contribution is -2.30. The minimum Gasteiger partial charge on any atom is -0.396 e. The van der Waals surface area contributed by atoms with E-state index in [4.69, 9.17) is 5.11 Å². The molecule has 0 rings (SSSR count). The highest BCUT2D eigenvalue weighted by Gasteiger charge is 2.20. The molecule has 0 saturated carbocycles. The summed E-state index contributed by atoms with van der Waals surface area (Å²) in [4.78, 5) is 13.9. The van der Waals surface area contributed by atoms with E-state index in [9.17, 15) is 4.79 Å². The Morgan fingerprint density at radius 1 is 1.27 bits per heavy atom. The predicted molar refractivity (Wildman–Crippen MR) is 62.9 cm³/mol. The van der Waals surface area contributed by atoms with Crippen LogP contribution in [0.1, 0.15) is 40.5 Å². The van der Waals surface area contributed by atoms with Gasteiger partial charge in [-0.2, -0.15) is 0 Å². The maximum atomic E-state index is 11.7. The Hall–Kier alpha value is -0.410. The first-order valence-electron chi connectivity index (χ1n) is 5.78. The van der Waals surface area contributed by atoms with Crippen LogP contribution in [0.2, 0.25) is 0 Å². The fourth-order valence-corrected chi connectivity index (χ4v) is 1.36. The first kappa shape index (κ1) is 14.6. The van der Waals surface area contributed by atoms with Gasteiger partial charge in [0.25, 0.3) is 0 Å². The van der Waals surface area contributed by atoms with Crippen molar-refractivity contribution in [2.45, 2.75) is 40.5 Å². The van der Waals surface area contributed by atoms with Crippen LogP contribution in [-0.4, -0.2) is 42.0 Å². The fourth-order valence-electron chi connectivity index (χ4n) is 1.36. The first-order valence-corrected chi connectivity index (χ1v) is 5.78. The number of hydrogen-bond acceptors (Lipinski definition) is 3. The molecule has 15 heavy (non-hydrogen) atoms. The van der Waals surface area contributed by atoms with Crippen LogP contribution in [0.3, 0.4) is 0 Å². The third kappa shape index (κ3) is 6.63. The molecule has 0 heterocycles. The third-order valence-electron chi connectivity index (χ3n) is 2.57. The number of ketones is 1. The van der Waals surface area contributed by atoms with Crippen LogP contribution in [-0.2, 0) is 4.79 Å². The van der Waals surface area contributed by atoms with Crippen molar-refractivity contribution in [3.63, 3.8) is 0 Å². The van der Waals surface area contributed by atoms with Crippen molar-refractivity contribution in [3.05, 3.63) is 0 Å². The van der Waals surface area contributed by atoms with Gasteiger partial charge in [0.2, 0.25) is 0 Å². The maximum absolute atomic E-state index is 11.7. The lowest BCUT2D eigenvalue weighted by molar-refractivity contribution is -0.126. The summed E-state index contributed by atoms with van der Waals surface area (Å²) in [5, 5.41) is 8.72. The number of carbonyl (C=O) groups is 1. The molecule has 0 aromatic carbocycles. The molecule has 0 atom stereocenters. The molecule has 0 spiro atoms. The van der Waals surface area contributed by atoms with Crippen LogP contribution in [0, 0.1) is 5.41 Å². The first-order chi connectivity index (χ1) is 6.91. The van der Waals surface area contributed by atoms with Gasteiger partial charge in [0, 0.05) is 31.5 Å². The van der Waals surface area contributed by atoms with Gasteiger partial charge in [-0.05, 0) is 13.0 Å². The van der Waals surface area contributed by atoms with E-state index in [1.165, 1.54) is 0 Å². The zero-order chi connectivity index (χ0) is 11.9. The number of carbonyl (C=O) groups excluding carboxylic acids is 1. The van der Waals surface area contributed by atoms with E-state index in [1.54, 1.807) is 0 Å². The van der Waals surface area contributed by atoms with E-state index in [0.717, 1.165) is 26.1 Å². The van der Waals surface area contributed by atoms with E-state index < -0.39 is 0 Å². The Labute approximate surface area is 93.5 Å². The number of aliphatic hydroxyl groups is 1. The van der Waals surface area contributed by atoms with Crippen LogP contribution in [0.4, 0.5) is 0 Å². The smallest absolute Gasteiger partial charge is 0.139 e. The molecule has 3 nitrogen and oxygen atoms in total. The average Bonchev–Trinajstić information content (AvgIpc) is 2.16. The summed E-state index contributed by atoms with van der Waals surface area (Å²) in [6.45, 7) is 10.8. The molecule has 0 saturated heterocycles. The van der Waals surface area contributed by atoms with E-state index in [2.05, 4.69) is 11.8 Å². The van der Waals surface area contributed by atoms with Crippen molar-refractivity contribution < 1.29 is 9.90 Å². The summed E-state index contributed by atoms with van der Waals surface area (Å²) in [6.07, 6.45) is 1.40. The van der Waals surface area contributed by atoms with Gasteiger partial charge in [-0.1, -0.05) is 27.7 Å². The third-order valence-corrected chi connectivity index (χ3v) is 2.57. The maximum Gasteiger partial charge on any atom is 0.139 e. The Balaban J connectivity index is 3.85. The van der Waals surface area contributed by atoms with Crippen molar-refractivity contribution in [2.24, 2.45) is 5.41 Å². The molecule has 0 bridgehead atoms. The largest absolute Gasteiger partial charge is 0.396 e. The van der Waals surface area contributed by atoms with Crippen LogP contribution in [0.5, 0.6) is 0 Å². The minimum absolute atomic E-state index is 0.226. The van der Waals surface area contributed by atoms with Crippen LogP contribution in [0.15, 0.2) is 0 Å². The van der Waals surface area contributed by atoms with Gasteiger partial charge in [0.15, 0.2) is 0 Å². The monoisotopic (exact) mass is 215 g/mol. The predicted octanol–water partition coefficient (Wildman–Crippen LogP) is 1.70. The standard InChI is InChI=1S/C12H25NO2/c1-5-13(8-6-10-14)9-7-11(15)12(2,3)4/h14H,5-10H2,1-4H3. The summed E-state index contributed by atoms with van der Waals surface area (Å²) in [6, 6.07) is 0. The van der Waals surface area contributed by atoms with Gasteiger partial charge in [0.05, 0.1) is 0 Å². The van der Waals surface area contributed by atoms with Crippen LogP contribution < -0.4 is 0 Å². The SMILES string of the molecule is CCN(CCCO)CCC(=O)C(C)(C)C. The zero-order valence-corrected chi connectivity index (χ0v) is 10.5. The summed E-state index contributed by atoms with van der Waals surface area (Å²) >= 11 is 0. The molecular weight excluding hydrogens is 190 g/mol. The Morgan fingerprint density at radius 3 is 2.27 bits per heavy atom. The molecule has 0 aliphatic heterocycles. The van der Waals surface area contributed by atoms with Crippen LogP contribution >= 0.6 is 0 Å². The second-order valence-electron chi connectivity index (χ2n) is 4.93. The van der Waals surface area contributed by atoms with Gasteiger partial charge in [-0.15, -0.1) is 0 Å². The second-order valence-corrected chi connectivity index (χ2v) is 4.93. The molecule has 0 aliphatic carbocycles. The van der Waals surface area contributed by atoms with Gasteiger partial charge < -0.3 is 10.0 Å². The van der Waals surface area contributed by atoms with E-state index in [0.29, 0.717) is 12.2 Å². The molecule has 0 radical (unpaired) electrons. The number of rotatable bonds is 7. The second kappa shape index (κ2) is 6.96. The molecular formula is C12H25NO2. The molecule has 0 aromatic rings. The number of hydrogen-bond donors (Lipinski definition) is 1. The van der Waals surface area contributed by atoms with Gasteiger partial charge in [-0.3, -0.25) is 4.79 Å². The van der Waals surface area contributed by atoms with Crippen molar-refractivity contribution in [1.82, 2.24) is 4.90 Å². The highest BCUT2D eigenvalue weighted by atomic mass is 16.3. The van der Waals surface area contributed by atoms with E-state index in [-0.39, 0.29) is 12.0 Å². The molecule has 0 fully saturated rings. The minimum atomic E-state index is -0.226. The molecule has 1 N–H and O–H groups in total. The molecule has 3 heteroatoms. The van der Waals surface area contributed by atoms with Gasteiger partial charge in [-0.25, -0.2) is 0 Å². The highest BCUT2D eigenvalue weighted by molar-refractivity contribution is 5.83. The quantitative estimate of drug-likeness (QED) is 0.702. The summed E-state index contributed by atoms with van der Waals surface area (Å²) in [5.74, 6) is 0.310. The number of nitrogens with zero attached hydrogens (tertiary/aromatic N) is 1. The molecule has 90 valence electrons. The average molecular weight is 215 g/mol. The molecule has 0 aromatic heterocycles. The Bertz CT molecular complexity index is 185. The van der Waals surface area contributed by atoms with Crippen molar-refractivity contribution in [3.8, 4) is 0 Å². The van der Waals surface area contributed by atoms with E-state index >= 15 is 0 Å². The summed E-state index contributed by atoms with van der Waals surface area (Å²) in [7, 11) is 0. The highest BCUT2D eigenvalue weighted by Crippen LogP contribution is 2.16. The lowest BCUT2D eigenvalue weighted by atomic mass is 9.89. The summed E-state index contributed by atoms with van der Waals surface area (Å²) in [5.41, 5.74) is -0.226. The Morgan fingerprint density at radius 2 is 1.87 bits per heavy atom. The Kier molecular flexibility index (Phi) is 6.77. The topological polar surface area (TPSA) is 40.5 Å². The van der Waals surface area contributed by atoms with Gasteiger partial charge in [0.1, 0.15) is 5.78 Å². The zero-order valence-electron chi connectivity index (χ0n) is 10.5. The number of aliphatic hydroxyl groups excluding tert-OH is 1. The fraction of sp³-hybridized carbons (Fsp3) is 0.917. The summed E-state index contributed by atoms with van der Waals surface area (Å²) < 4.78 is 0. The van der Waals surface area contributed by atoms with Crippen molar-refractivity contribution in [1.29, 1.82) is 0 Å². The van der Waals surface area contributed by atoms with Crippen LogP contribution in [0.25, 0.3) is 0 Å². The lowest BCUT2D eigenvalue weighted by Gasteiger charge is -2.22.